The lowest BCUT2D eigenvalue weighted by Gasteiger charge is -2.13. The minimum atomic E-state index is -2.71. The molecule has 0 aliphatic rings. The molecule has 0 amide bonds. The van der Waals surface area contributed by atoms with E-state index in [2.05, 4.69) is 0 Å². The Labute approximate surface area is 143 Å². The molecule has 2 aromatic carbocycles. The van der Waals surface area contributed by atoms with Crippen molar-refractivity contribution in [2.45, 2.75) is 19.9 Å². The average molecular weight is 353 g/mol. The highest BCUT2D eigenvalue weighted by molar-refractivity contribution is 8.13. The number of benzene rings is 2. The summed E-state index contributed by atoms with van der Waals surface area (Å²) in [6, 6.07) is 17.0. The van der Waals surface area contributed by atoms with Crippen molar-refractivity contribution in [1.29, 1.82) is 0 Å². The molecule has 0 bridgehead atoms. The van der Waals surface area contributed by atoms with Crippen molar-refractivity contribution in [1.82, 2.24) is 0 Å². The van der Waals surface area contributed by atoms with Gasteiger partial charge in [0.05, 0.1) is 13.7 Å². The maximum atomic E-state index is 9.69. The highest BCUT2D eigenvalue weighted by Crippen LogP contribution is 2.40. The van der Waals surface area contributed by atoms with Crippen molar-refractivity contribution >= 4 is 23.6 Å². The van der Waals surface area contributed by atoms with Crippen molar-refractivity contribution in [2.75, 3.05) is 13.7 Å². The zero-order valence-corrected chi connectivity index (χ0v) is 15.4. The molecule has 126 valence electrons. The number of ether oxygens (including phenoxy) is 1. The summed E-state index contributed by atoms with van der Waals surface area (Å²) in [6.45, 7) is 1.50. The van der Waals surface area contributed by atoms with Crippen LogP contribution in [0.25, 0.3) is 0 Å². The van der Waals surface area contributed by atoms with Crippen LogP contribution in [0.15, 0.2) is 54.6 Å². The van der Waals surface area contributed by atoms with Crippen molar-refractivity contribution in [3.05, 3.63) is 60.2 Å². The number of hydrogen-bond donors (Lipinski definition) is 2. The summed E-state index contributed by atoms with van der Waals surface area (Å²) < 4.78 is 10.2. The molecule has 2 atom stereocenters. The molecule has 6 heteroatoms. The molecular weight excluding hydrogens is 329 g/mol. The molecule has 1 unspecified atom stereocenters. The van der Waals surface area contributed by atoms with Crippen LogP contribution in [0, 0.1) is 0 Å². The molecule has 2 aromatic rings. The topological polar surface area (TPSA) is 64.7 Å². The summed E-state index contributed by atoms with van der Waals surface area (Å²) >= 11 is 4.95. The van der Waals surface area contributed by atoms with E-state index >= 15 is 0 Å². The van der Waals surface area contributed by atoms with Gasteiger partial charge in [-0.05, 0) is 43.9 Å². The molecule has 0 aromatic heterocycles. The number of hydrogen-bond acceptors (Lipinski definition) is 4. The number of nitrogens with two attached hydrogens (primary N) is 1. The summed E-state index contributed by atoms with van der Waals surface area (Å²) in [5, 5.41) is 0.710. The van der Waals surface area contributed by atoms with Crippen molar-refractivity contribution in [2.24, 2.45) is 5.73 Å². The summed E-state index contributed by atoms with van der Waals surface area (Å²) in [4.78, 5) is 9.69. The van der Waals surface area contributed by atoms with E-state index in [9.17, 15) is 4.89 Å². The standard InChI is InChI=1S/C9H13NO.C8H11O2PS/c1-7(10)8-5-3-4-6-9(8)11-2;1-2-10-11(9,12)8-6-4-3-5-7-8/h3-7H,10H2,1-2H3;3-7H,2H2,1H3,(H,9,12)/t7-;/m1./s1. The van der Waals surface area contributed by atoms with Crippen molar-refractivity contribution in [3.63, 3.8) is 0 Å². The lowest BCUT2D eigenvalue weighted by Crippen LogP contribution is -2.06. The minimum Gasteiger partial charge on any atom is -0.496 e. The maximum Gasteiger partial charge on any atom is 0.216 e. The van der Waals surface area contributed by atoms with Crippen LogP contribution in [0.3, 0.4) is 0 Å². The van der Waals surface area contributed by atoms with E-state index in [0.717, 1.165) is 11.3 Å². The predicted molar refractivity (Wildman–Crippen MR) is 99.8 cm³/mol. The Morgan fingerprint density at radius 3 is 2.17 bits per heavy atom. The SMILES string of the molecule is CCOP(O)(=S)c1ccccc1.COc1ccccc1[C@@H](C)N. The molecule has 0 radical (unpaired) electrons. The predicted octanol–water partition coefficient (Wildman–Crippen LogP) is 3.37. The Hall–Kier alpha value is -1.23. The Morgan fingerprint density at radius 1 is 1.13 bits per heavy atom. The van der Waals surface area contributed by atoms with E-state index in [4.69, 9.17) is 26.8 Å². The van der Waals surface area contributed by atoms with Gasteiger partial charge in [0.15, 0.2) is 0 Å². The van der Waals surface area contributed by atoms with Gasteiger partial charge in [-0.2, -0.15) is 0 Å². The van der Waals surface area contributed by atoms with Crippen LogP contribution < -0.4 is 15.8 Å². The van der Waals surface area contributed by atoms with Crippen LogP contribution in [0.4, 0.5) is 0 Å². The van der Waals surface area contributed by atoms with Gasteiger partial charge in [-0.3, -0.25) is 0 Å². The van der Waals surface area contributed by atoms with Crippen molar-refractivity contribution in [3.8, 4) is 5.75 Å². The molecule has 2 rings (SSSR count). The first-order chi connectivity index (χ1) is 10.9. The normalized spacial score (nSPS) is 14.1. The Balaban J connectivity index is 0.000000231. The third kappa shape index (κ3) is 6.42. The van der Waals surface area contributed by atoms with Gasteiger partial charge < -0.3 is 19.9 Å². The third-order valence-corrected chi connectivity index (χ3v) is 5.52. The zero-order chi connectivity index (χ0) is 17.3. The van der Waals surface area contributed by atoms with E-state index in [1.165, 1.54) is 0 Å². The highest BCUT2D eigenvalue weighted by Gasteiger charge is 2.14. The highest BCUT2D eigenvalue weighted by atomic mass is 32.5. The third-order valence-electron chi connectivity index (χ3n) is 3.02. The summed E-state index contributed by atoms with van der Waals surface area (Å²) in [6.07, 6.45) is 0. The Kier molecular flexibility index (Phi) is 8.45. The van der Waals surface area contributed by atoms with Crippen LogP contribution in [-0.2, 0) is 16.3 Å². The fourth-order valence-electron chi connectivity index (χ4n) is 1.91. The first-order valence-electron chi connectivity index (χ1n) is 7.33. The van der Waals surface area contributed by atoms with Gasteiger partial charge in [0.25, 0.3) is 0 Å². The zero-order valence-electron chi connectivity index (χ0n) is 13.7. The summed E-state index contributed by atoms with van der Waals surface area (Å²) in [7, 11) is 1.65. The van der Waals surface area contributed by atoms with E-state index in [1.807, 2.05) is 56.3 Å². The Morgan fingerprint density at radius 2 is 1.70 bits per heavy atom. The van der Waals surface area contributed by atoms with E-state index in [1.54, 1.807) is 19.2 Å². The van der Waals surface area contributed by atoms with Gasteiger partial charge in [-0.15, -0.1) is 0 Å². The van der Waals surface area contributed by atoms with Gasteiger partial charge in [0, 0.05) is 16.9 Å². The molecule has 0 spiro atoms. The van der Waals surface area contributed by atoms with Gasteiger partial charge in [0.2, 0.25) is 6.49 Å². The van der Waals surface area contributed by atoms with Gasteiger partial charge in [0.1, 0.15) is 5.75 Å². The lowest BCUT2D eigenvalue weighted by atomic mass is 10.1. The van der Waals surface area contributed by atoms with Gasteiger partial charge in [-0.25, -0.2) is 0 Å². The largest absolute Gasteiger partial charge is 0.496 e. The maximum absolute atomic E-state index is 9.69. The van der Waals surface area contributed by atoms with E-state index < -0.39 is 6.49 Å². The van der Waals surface area contributed by atoms with Crippen LogP contribution in [-0.4, -0.2) is 18.6 Å². The molecule has 4 nitrogen and oxygen atoms in total. The van der Waals surface area contributed by atoms with Crippen LogP contribution in [0.2, 0.25) is 0 Å². The fourth-order valence-corrected chi connectivity index (χ4v) is 3.64. The van der Waals surface area contributed by atoms with Crippen LogP contribution >= 0.6 is 6.49 Å². The summed E-state index contributed by atoms with van der Waals surface area (Å²) in [5.41, 5.74) is 6.76. The lowest BCUT2D eigenvalue weighted by molar-refractivity contribution is 0.335. The first kappa shape index (κ1) is 19.8. The van der Waals surface area contributed by atoms with E-state index in [-0.39, 0.29) is 6.04 Å². The number of rotatable bonds is 5. The second-order valence-corrected chi connectivity index (χ2v) is 8.10. The molecule has 0 aliphatic carbocycles. The molecular formula is C17H24NO3PS. The number of para-hydroxylation sites is 1. The fraction of sp³-hybridized carbons (Fsp3) is 0.294. The van der Waals surface area contributed by atoms with Crippen molar-refractivity contribution < 1.29 is 14.2 Å². The summed E-state index contributed by atoms with van der Waals surface area (Å²) in [5.74, 6) is 0.863. The molecule has 0 saturated carbocycles. The minimum absolute atomic E-state index is 0.0335. The quantitative estimate of drug-likeness (QED) is 0.807. The first-order valence-corrected chi connectivity index (χ1v) is 10.0. The monoisotopic (exact) mass is 353 g/mol. The van der Waals surface area contributed by atoms with Crippen LogP contribution in [0.5, 0.6) is 5.75 Å². The molecule has 0 aliphatic heterocycles. The van der Waals surface area contributed by atoms with Gasteiger partial charge in [-0.1, -0.05) is 36.4 Å². The smallest absolute Gasteiger partial charge is 0.216 e. The molecule has 0 fully saturated rings. The van der Waals surface area contributed by atoms with E-state index in [0.29, 0.717) is 11.9 Å². The molecule has 0 saturated heterocycles. The second-order valence-electron chi connectivity index (χ2n) is 4.80. The van der Waals surface area contributed by atoms with Gasteiger partial charge >= 0.3 is 0 Å². The van der Waals surface area contributed by atoms with Crippen LogP contribution in [0.1, 0.15) is 25.5 Å². The molecule has 3 N–H and O–H groups in total. The second kappa shape index (κ2) is 9.81. The molecule has 0 heterocycles. The Bertz CT molecular complexity index is 635. The average Bonchev–Trinajstić information content (AvgIpc) is 2.56. The number of methoxy groups -OCH3 is 1. The molecule has 23 heavy (non-hydrogen) atoms.